The average molecular weight is 498 g/mol. The van der Waals surface area contributed by atoms with Crippen molar-refractivity contribution >= 4 is 22.6 Å². The highest BCUT2D eigenvalue weighted by Crippen LogP contribution is 2.42. The predicted octanol–water partition coefficient (Wildman–Crippen LogP) is 5.53. The number of aromatic nitrogens is 2. The van der Waals surface area contributed by atoms with Crippen LogP contribution in [0.4, 0.5) is 0 Å². The topological polar surface area (TPSA) is 56.5 Å². The summed E-state index contributed by atoms with van der Waals surface area (Å²) in [4.78, 5) is 0. The highest BCUT2D eigenvalue weighted by Gasteiger charge is 2.22. The van der Waals surface area contributed by atoms with Crippen molar-refractivity contribution in [1.29, 1.82) is 0 Å². The van der Waals surface area contributed by atoms with Crippen LogP contribution in [0.2, 0.25) is 0 Å². The molecule has 0 saturated heterocycles. The molecule has 0 bridgehead atoms. The second kappa shape index (κ2) is 8.16. The standard InChI is InChI=1S/C23H19IN2O3/c1-28-21-12-17(19(24)13-22(21)29-2)23-18(16-10-6-7-11-20(16)27)14-25-26(23)15-8-4-3-5-9-15/h3-14,27H,1-2H3. The van der Waals surface area contributed by atoms with Crippen LogP contribution in [-0.4, -0.2) is 29.1 Å². The van der Waals surface area contributed by atoms with Crippen molar-refractivity contribution in [3.8, 4) is 45.3 Å². The lowest BCUT2D eigenvalue weighted by Gasteiger charge is -2.15. The van der Waals surface area contributed by atoms with Gasteiger partial charge in [0.2, 0.25) is 0 Å². The summed E-state index contributed by atoms with van der Waals surface area (Å²) in [5.74, 6) is 1.50. The SMILES string of the molecule is COc1cc(I)c(-c2c(-c3ccccc3O)cnn2-c2ccccc2)cc1OC. The first kappa shape index (κ1) is 19.3. The fourth-order valence-electron chi connectivity index (χ4n) is 3.31. The van der Waals surface area contributed by atoms with Crippen molar-refractivity contribution in [3.05, 3.63) is 76.5 Å². The van der Waals surface area contributed by atoms with E-state index in [2.05, 4.69) is 27.7 Å². The molecule has 0 amide bonds. The van der Waals surface area contributed by atoms with Gasteiger partial charge in [-0.25, -0.2) is 4.68 Å². The Morgan fingerprint density at radius 1 is 0.828 bits per heavy atom. The lowest BCUT2D eigenvalue weighted by atomic mass is 10.00. The first-order valence-electron chi connectivity index (χ1n) is 8.97. The molecule has 0 atom stereocenters. The summed E-state index contributed by atoms with van der Waals surface area (Å²) in [5, 5.41) is 15.1. The summed E-state index contributed by atoms with van der Waals surface area (Å²) in [6, 6.07) is 21.1. The lowest BCUT2D eigenvalue weighted by Crippen LogP contribution is -2.01. The van der Waals surface area contributed by atoms with Crippen molar-refractivity contribution in [2.24, 2.45) is 0 Å². The molecule has 0 aliphatic heterocycles. The number of nitrogens with zero attached hydrogens (tertiary/aromatic N) is 2. The van der Waals surface area contributed by atoms with E-state index in [-0.39, 0.29) is 5.75 Å². The van der Waals surface area contributed by atoms with Crippen LogP contribution in [-0.2, 0) is 0 Å². The first-order valence-corrected chi connectivity index (χ1v) is 10.1. The second-order valence-corrected chi connectivity index (χ2v) is 7.52. The number of para-hydroxylation sites is 2. The third-order valence-electron chi connectivity index (χ3n) is 4.69. The van der Waals surface area contributed by atoms with E-state index in [4.69, 9.17) is 9.47 Å². The van der Waals surface area contributed by atoms with Crippen molar-refractivity contribution in [3.63, 3.8) is 0 Å². The third-order valence-corrected chi connectivity index (χ3v) is 5.59. The van der Waals surface area contributed by atoms with Gasteiger partial charge in [-0.1, -0.05) is 36.4 Å². The monoisotopic (exact) mass is 498 g/mol. The summed E-state index contributed by atoms with van der Waals surface area (Å²) in [6.07, 6.45) is 1.78. The van der Waals surface area contributed by atoms with Crippen LogP contribution < -0.4 is 9.47 Å². The minimum atomic E-state index is 0.205. The molecule has 3 aromatic carbocycles. The Hall–Kier alpha value is -3.00. The molecular formula is C23H19IN2O3. The second-order valence-electron chi connectivity index (χ2n) is 6.36. The van der Waals surface area contributed by atoms with Gasteiger partial charge in [-0.2, -0.15) is 5.10 Å². The molecule has 0 unspecified atom stereocenters. The predicted molar refractivity (Wildman–Crippen MR) is 122 cm³/mol. The van der Waals surface area contributed by atoms with Gasteiger partial charge in [-0.3, -0.25) is 0 Å². The van der Waals surface area contributed by atoms with Crippen molar-refractivity contribution in [2.75, 3.05) is 14.2 Å². The molecule has 5 nitrogen and oxygen atoms in total. The van der Waals surface area contributed by atoms with Crippen LogP contribution in [0.5, 0.6) is 17.2 Å². The molecule has 1 heterocycles. The summed E-state index contributed by atoms with van der Waals surface area (Å²) >= 11 is 2.29. The molecule has 6 heteroatoms. The molecule has 0 spiro atoms. The maximum atomic E-state index is 10.5. The van der Waals surface area contributed by atoms with Gasteiger partial charge in [-0.15, -0.1) is 0 Å². The van der Waals surface area contributed by atoms with Gasteiger partial charge in [-0.05, 0) is 52.9 Å². The zero-order valence-electron chi connectivity index (χ0n) is 16.0. The maximum absolute atomic E-state index is 10.5. The van der Waals surface area contributed by atoms with Gasteiger partial charge in [0.05, 0.1) is 31.8 Å². The minimum Gasteiger partial charge on any atom is -0.507 e. The summed E-state index contributed by atoms with van der Waals surface area (Å²) in [5.41, 5.74) is 4.27. The first-order chi connectivity index (χ1) is 14.1. The minimum absolute atomic E-state index is 0.205. The molecule has 1 N–H and O–H groups in total. The number of rotatable bonds is 5. The zero-order chi connectivity index (χ0) is 20.4. The van der Waals surface area contributed by atoms with Crippen LogP contribution in [0.25, 0.3) is 28.1 Å². The number of phenols is 1. The fourth-order valence-corrected chi connectivity index (χ4v) is 4.00. The molecule has 0 radical (unpaired) electrons. The molecular weight excluding hydrogens is 479 g/mol. The molecule has 0 fully saturated rings. The summed E-state index contributed by atoms with van der Waals surface area (Å²) in [6.45, 7) is 0. The largest absolute Gasteiger partial charge is 0.507 e. The Morgan fingerprint density at radius 3 is 2.17 bits per heavy atom. The van der Waals surface area contributed by atoms with Crippen molar-refractivity contribution < 1.29 is 14.6 Å². The smallest absolute Gasteiger partial charge is 0.161 e. The Morgan fingerprint density at radius 2 is 1.48 bits per heavy atom. The number of ether oxygens (including phenoxy) is 2. The molecule has 4 rings (SSSR count). The third kappa shape index (κ3) is 3.55. The molecule has 0 aliphatic carbocycles. The van der Waals surface area contributed by atoms with E-state index >= 15 is 0 Å². The van der Waals surface area contributed by atoms with Crippen molar-refractivity contribution in [2.45, 2.75) is 0 Å². The summed E-state index contributed by atoms with van der Waals surface area (Å²) < 4.78 is 13.8. The van der Waals surface area contributed by atoms with Gasteiger partial charge >= 0.3 is 0 Å². The van der Waals surface area contributed by atoms with Gasteiger partial charge in [0.25, 0.3) is 0 Å². The number of methoxy groups -OCH3 is 2. The van der Waals surface area contributed by atoms with E-state index in [1.807, 2.05) is 59.3 Å². The van der Waals surface area contributed by atoms with Crippen LogP contribution in [0.15, 0.2) is 72.9 Å². The zero-order valence-corrected chi connectivity index (χ0v) is 18.1. The fraction of sp³-hybridized carbons (Fsp3) is 0.0870. The Labute approximate surface area is 182 Å². The number of phenolic OH excluding ortho intramolecular Hbond substituents is 1. The normalized spacial score (nSPS) is 10.7. The molecule has 4 aromatic rings. The van der Waals surface area contributed by atoms with E-state index in [1.165, 1.54) is 0 Å². The Balaban J connectivity index is 2.03. The molecule has 146 valence electrons. The number of benzene rings is 3. The Kier molecular flexibility index (Phi) is 5.44. The van der Waals surface area contributed by atoms with Gasteiger partial charge < -0.3 is 14.6 Å². The Bertz CT molecular complexity index is 1160. The van der Waals surface area contributed by atoms with Crippen LogP contribution >= 0.6 is 22.6 Å². The van der Waals surface area contributed by atoms with E-state index in [0.717, 1.165) is 31.6 Å². The van der Waals surface area contributed by atoms with Crippen molar-refractivity contribution in [1.82, 2.24) is 9.78 Å². The van der Waals surface area contributed by atoms with E-state index in [1.54, 1.807) is 32.5 Å². The average Bonchev–Trinajstić information content (AvgIpc) is 3.19. The molecule has 0 aliphatic rings. The van der Waals surface area contributed by atoms with Crippen LogP contribution in [0.3, 0.4) is 0 Å². The quantitative estimate of drug-likeness (QED) is 0.368. The number of halogens is 1. The van der Waals surface area contributed by atoms with Crippen LogP contribution in [0, 0.1) is 3.57 Å². The lowest BCUT2D eigenvalue weighted by molar-refractivity contribution is 0.355. The van der Waals surface area contributed by atoms with Gasteiger partial charge in [0.15, 0.2) is 11.5 Å². The number of aromatic hydroxyl groups is 1. The van der Waals surface area contributed by atoms with E-state index < -0.39 is 0 Å². The van der Waals surface area contributed by atoms with Crippen LogP contribution in [0.1, 0.15) is 0 Å². The maximum Gasteiger partial charge on any atom is 0.161 e. The highest BCUT2D eigenvalue weighted by molar-refractivity contribution is 14.1. The van der Waals surface area contributed by atoms with Gasteiger partial charge in [0, 0.05) is 20.3 Å². The van der Waals surface area contributed by atoms with E-state index in [0.29, 0.717) is 11.5 Å². The number of hydrogen-bond acceptors (Lipinski definition) is 4. The summed E-state index contributed by atoms with van der Waals surface area (Å²) in [7, 11) is 3.24. The molecule has 1 aromatic heterocycles. The molecule has 0 saturated carbocycles. The van der Waals surface area contributed by atoms with E-state index in [9.17, 15) is 5.11 Å². The van der Waals surface area contributed by atoms with Gasteiger partial charge in [0.1, 0.15) is 5.75 Å². The molecule has 29 heavy (non-hydrogen) atoms. The highest BCUT2D eigenvalue weighted by atomic mass is 127. The number of hydrogen-bond donors (Lipinski definition) is 1.